The average Bonchev–Trinajstić information content (AvgIpc) is 1.59. The number of anilines is 6. The molecule has 4 heteroatoms. The lowest BCUT2D eigenvalue weighted by Crippen LogP contribution is -2.10. The van der Waals surface area contributed by atoms with E-state index in [-0.39, 0.29) is 0 Å². The number of para-hydroxylation sites is 3. The van der Waals surface area contributed by atoms with Crippen molar-refractivity contribution in [1.82, 2.24) is 9.13 Å². The topological polar surface area (TPSA) is 16.3 Å². The molecule has 0 N–H and O–H groups in total. The van der Waals surface area contributed by atoms with Crippen molar-refractivity contribution in [3.05, 3.63) is 413 Å². The van der Waals surface area contributed by atoms with Crippen LogP contribution in [0.5, 0.6) is 0 Å². The van der Waals surface area contributed by atoms with Crippen molar-refractivity contribution in [3.8, 4) is 78.1 Å². The molecule has 100 heavy (non-hydrogen) atoms. The summed E-state index contributed by atoms with van der Waals surface area (Å²) in [6, 6.07) is 148. The van der Waals surface area contributed by atoms with Crippen LogP contribution >= 0.6 is 0 Å². The minimum absolute atomic E-state index is 1.10. The molecule has 0 amide bonds. The molecular formula is C96H68N4. The van der Waals surface area contributed by atoms with Crippen LogP contribution in [0.1, 0.15) is 0 Å². The van der Waals surface area contributed by atoms with Crippen molar-refractivity contribution < 1.29 is 0 Å². The second kappa shape index (κ2) is 27.1. The Labute approximate surface area is 583 Å². The van der Waals surface area contributed by atoms with Gasteiger partial charge in [0.25, 0.3) is 0 Å². The van der Waals surface area contributed by atoms with Crippen LogP contribution in [0.2, 0.25) is 0 Å². The summed E-state index contributed by atoms with van der Waals surface area (Å²) in [5.41, 5.74) is 28.2. The van der Waals surface area contributed by atoms with Gasteiger partial charge in [-0.2, -0.15) is 0 Å². The fourth-order valence-electron chi connectivity index (χ4n) is 14.2. The van der Waals surface area contributed by atoms with Crippen LogP contribution in [0.15, 0.2) is 413 Å². The van der Waals surface area contributed by atoms with Gasteiger partial charge in [-0.25, -0.2) is 0 Å². The lowest BCUT2D eigenvalue weighted by atomic mass is 10.0. The van der Waals surface area contributed by atoms with Gasteiger partial charge in [0, 0.05) is 67.0 Å². The van der Waals surface area contributed by atoms with Gasteiger partial charge < -0.3 is 18.9 Å². The maximum absolute atomic E-state index is 2.40. The molecule has 0 saturated heterocycles. The molecule has 0 aliphatic carbocycles. The van der Waals surface area contributed by atoms with Crippen LogP contribution in [0.3, 0.4) is 0 Å². The lowest BCUT2D eigenvalue weighted by molar-refractivity contribution is 1.18. The molecule has 472 valence electrons. The first-order valence-electron chi connectivity index (χ1n) is 34.2. The summed E-state index contributed by atoms with van der Waals surface area (Å²) in [5.74, 6) is 0. The molecule has 0 aliphatic rings. The summed E-state index contributed by atoms with van der Waals surface area (Å²) in [6.07, 6.45) is 0. The van der Waals surface area contributed by atoms with Crippen LogP contribution in [-0.4, -0.2) is 9.13 Å². The maximum atomic E-state index is 2.40. The monoisotopic (exact) mass is 1280 g/mol. The van der Waals surface area contributed by atoms with Gasteiger partial charge in [-0.1, -0.05) is 291 Å². The molecule has 2 aromatic heterocycles. The Morgan fingerprint density at radius 3 is 0.760 bits per heavy atom. The van der Waals surface area contributed by atoms with Crippen molar-refractivity contribution in [3.63, 3.8) is 0 Å². The molecule has 0 bridgehead atoms. The standard InChI is InChI=1S/2C48H34N2/c1-4-12-35(13-5-1)37-20-27-42(28-21-37)49(43-29-22-38(23-30-43)36-14-6-2-7-15-36)44-31-24-39(25-32-44)40-26-33-48-46(34-40)45-18-10-11-19-47(45)50(48)41-16-8-3-9-17-41;1-4-12-35(13-5-1)38-20-26-41(27-21-38)49(42-28-22-39(23-29-42)36-14-6-2-7-15-36)44-32-33-46-45-18-10-11-19-47(45)50(48(46)34-44)43-30-24-40(25-31-43)37-16-8-3-9-17-37/h2*1-34H. The molecule has 0 fully saturated rings. The molecule has 0 aliphatic heterocycles. The van der Waals surface area contributed by atoms with E-state index in [2.05, 4.69) is 431 Å². The molecule has 0 atom stereocenters. The zero-order valence-electron chi connectivity index (χ0n) is 55.0. The Kier molecular flexibility index (Phi) is 16.4. The second-order valence-corrected chi connectivity index (χ2v) is 25.3. The summed E-state index contributed by atoms with van der Waals surface area (Å²) in [7, 11) is 0. The third-order valence-electron chi connectivity index (χ3n) is 19.2. The predicted molar refractivity (Wildman–Crippen MR) is 424 cm³/mol. The predicted octanol–water partition coefficient (Wildman–Crippen LogP) is 26.5. The van der Waals surface area contributed by atoms with E-state index in [4.69, 9.17) is 0 Å². The third kappa shape index (κ3) is 12.0. The van der Waals surface area contributed by atoms with Crippen LogP contribution in [0.25, 0.3) is 122 Å². The van der Waals surface area contributed by atoms with Crippen molar-refractivity contribution >= 4 is 77.7 Å². The number of hydrogen-bond donors (Lipinski definition) is 0. The normalized spacial score (nSPS) is 11.2. The molecule has 0 spiro atoms. The third-order valence-corrected chi connectivity index (χ3v) is 19.2. The van der Waals surface area contributed by atoms with Gasteiger partial charge in [-0.3, -0.25) is 0 Å². The first-order chi connectivity index (χ1) is 49.6. The van der Waals surface area contributed by atoms with Gasteiger partial charge in [0.1, 0.15) is 0 Å². The summed E-state index contributed by atoms with van der Waals surface area (Å²) in [5, 5.41) is 4.99. The smallest absolute Gasteiger partial charge is 0.0561 e. The van der Waals surface area contributed by atoms with E-state index in [1.165, 1.54) is 116 Å². The molecule has 0 radical (unpaired) electrons. The molecular weight excluding hydrogens is 1210 g/mol. The Hall–Kier alpha value is -13.3. The Morgan fingerprint density at radius 2 is 0.380 bits per heavy atom. The first kappa shape index (κ1) is 60.4. The number of aromatic nitrogens is 2. The Morgan fingerprint density at radius 1 is 0.140 bits per heavy atom. The SMILES string of the molecule is c1ccc(-c2ccc(N(c3ccc(-c4ccccc4)cc3)c3ccc(-c4ccc5c(c4)c4ccccc4n5-c4ccccc4)cc3)cc2)cc1.c1ccc(-c2ccc(N(c3ccc(-c4ccccc4)cc3)c3ccc4c5ccccc5n(-c5ccc(-c6ccccc6)cc5)c4c3)cc2)cc1. The zero-order chi connectivity index (χ0) is 66.6. The highest BCUT2D eigenvalue weighted by molar-refractivity contribution is 6.12. The summed E-state index contributed by atoms with van der Waals surface area (Å²) < 4.78 is 4.76. The maximum Gasteiger partial charge on any atom is 0.0561 e. The highest BCUT2D eigenvalue weighted by Gasteiger charge is 2.20. The summed E-state index contributed by atoms with van der Waals surface area (Å²) >= 11 is 0. The fourth-order valence-corrected chi connectivity index (χ4v) is 14.2. The zero-order valence-corrected chi connectivity index (χ0v) is 55.0. The van der Waals surface area contributed by atoms with E-state index in [9.17, 15) is 0 Å². The van der Waals surface area contributed by atoms with Gasteiger partial charge in [-0.15, -0.1) is 0 Å². The van der Waals surface area contributed by atoms with Crippen molar-refractivity contribution in [2.24, 2.45) is 0 Å². The van der Waals surface area contributed by atoms with Gasteiger partial charge in [0.2, 0.25) is 0 Å². The van der Waals surface area contributed by atoms with E-state index in [1.807, 2.05) is 0 Å². The number of hydrogen-bond acceptors (Lipinski definition) is 2. The van der Waals surface area contributed by atoms with E-state index in [0.717, 1.165) is 39.8 Å². The number of rotatable bonds is 14. The largest absolute Gasteiger partial charge is 0.311 e. The number of benzene rings is 16. The van der Waals surface area contributed by atoms with Crippen LogP contribution < -0.4 is 9.80 Å². The summed E-state index contributed by atoms with van der Waals surface area (Å²) in [4.78, 5) is 4.70. The molecule has 0 saturated carbocycles. The minimum atomic E-state index is 1.10. The Bertz CT molecular complexity index is 5630. The number of nitrogens with zero attached hydrogens (tertiary/aromatic N) is 4. The fraction of sp³-hybridized carbons (Fsp3) is 0. The highest BCUT2D eigenvalue weighted by Crippen LogP contribution is 2.43. The van der Waals surface area contributed by atoms with Crippen LogP contribution in [0.4, 0.5) is 34.1 Å². The van der Waals surface area contributed by atoms with Crippen molar-refractivity contribution in [1.29, 1.82) is 0 Å². The van der Waals surface area contributed by atoms with Crippen LogP contribution in [0, 0.1) is 0 Å². The van der Waals surface area contributed by atoms with Gasteiger partial charge in [-0.05, 0) is 188 Å². The van der Waals surface area contributed by atoms with E-state index in [0.29, 0.717) is 0 Å². The molecule has 2 heterocycles. The average molecular weight is 1280 g/mol. The molecule has 0 unspecified atom stereocenters. The van der Waals surface area contributed by atoms with Gasteiger partial charge >= 0.3 is 0 Å². The quantitative estimate of drug-likeness (QED) is 0.108. The second-order valence-electron chi connectivity index (χ2n) is 25.3. The summed E-state index contributed by atoms with van der Waals surface area (Å²) in [6.45, 7) is 0. The van der Waals surface area contributed by atoms with E-state index in [1.54, 1.807) is 0 Å². The lowest BCUT2D eigenvalue weighted by Gasteiger charge is -2.26. The van der Waals surface area contributed by atoms with E-state index >= 15 is 0 Å². The number of fused-ring (bicyclic) bond motifs is 6. The van der Waals surface area contributed by atoms with Gasteiger partial charge in [0.05, 0.1) is 22.1 Å². The minimum Gasteiger partial charge on any atom is -0.311 e. The van der Waals surface area contributed by atoms with E-state index < -0.39 is 0 Å². The van der Waals surface area contributed by atoms with Gasteiger partial charge in [0.15, 0.2) is 0 Å². The molecule has 16 aromatic carbocycles. The molecule has 18 aromatic rings. The molecule has 4 nitrogen and oxygen atoms in total. The molecule has 18 rings (SSSR count). The van der Waals surface area contributed by atoms with Crippen LogP contribution in [-0.2, 0) is 0 Å². The van der Waals surface area contributed by atoms with Crippen molar-refractivity contribution in [2.75, 3.05) is 9.80 Å². The van der Waals surface area contributed by atoms with Crippen molar-refractivity contribution in [2.45, 2.75) is 0 Å². The first-order valence-corrected chi connectivity index (χ1v) is 34.2. The Balaban J connectivity index is 0.000000150. The highest BCUT2D eigenvalue weighted by atomic mass is 15.1.